The standard InChI is InChI=1S/3C24H16N2.Os/c3*1-3-8-17(9-4-1)21-16-19-13-14-22-20(12-7-15-25-22)24(19)26-23(21)18-10-5-2-6-11-18;/h3*1-16H;. The number of hydrogen-bond donors (Lipinski definition) is 0. The first-order chi connectivity index (χ1) is 38.7. The molecule has 7 heteroatoms. The van der Waals surface area contributed by atoms with Gasteiger partial charge in [0.05, 0.1) is 50.2 Å². The maximum atomic E-state index is 5.11. The van der Waals surface area contributed by atoms with E-state index in [4.69, 9.17) is 15.0 Å². The minimum atomic E-state index is 0. The fourth-order valence-corrected chi connectivity index (χ4v) is 10.3. The molecule has 0 radical (unpaired) electrons. The van der Waals surface area contributed by atoms with Crippen LogP contribution < -0.4 is 0 Å². The molecular weight excluding hydrogens is 1140 g/mol. The maximum Gasteiger partial charge on any atom is 0.0804 e. The number of rotatable bonds is 6. The van der Waals surface area contributed by atoms with Crippen molar-refractivity contribution in [2.24, 2.45) is 0 Å². The van der Waals surface area contributed by atoms with Crippen molar-refractivity contribution >= 4 is 65.4 Å². The average Bonchev–Trinajstić information content (AvgIpc) is 3.71. The van der Waals surface area contributed by atoms with Gasteiger partial charge in [-0.05, 0) is 89.5 Å². The SMILES string of the molecule is [Os].c1ccc(-c2cc3ccc4ncccc4c3nc2-c2ccccc2)cc1.c1ccc(-c2cc3ccc4ncccc4c3nc2-c2ccccc2)cc1.c1ccc(-c2cc3ccc4ncccc4c3nc2-c2ccccc2)cc1. The molecule has 374 valence electrons. The molecule has 6 nitrogen and oxygen atoms in total. The van der Waals surface area contributed by atoms with E-state index in [1.54, 1.807) is 0 Å². The number of pyridine rings is 6. The van der Waals surface area contributed by atoms with Crippen LogP contribution in [0.4, 0.5) is 0 Å². The molecule has 0 N–H and O–H groups in total. The van der Waals surface area contributed by atoms with E-state index in [1.165, 1.54) is 16.7 Å². The monoisotopic (exact) mass is 1190 g/mol. The van der Waals surface area contributed by atoms with Crippen LogP contribution in [0.2, 0.25) is 0 Å². The predicted molar refractivity (Wildman–Crippen MR) is 324 cm³/mol. The van der Waals surface area contributed by atoms with Crippen LogP contribution in [0.25, 0.3) is 133 Å². The molecule has 0 atom stereocenters. The molecule has 0 bridgehead atoms. The van der Waals surface area contributed by atoms with E-state index in [0.29, 0.717) is 0 Å². The van der Waals surface area contributed by atoms with Crippen molar-refractivity contribution in [3.8, 4) is 67.2 Å². The molecule has 15 rings (SSSR count). The van der Waals surface area contributed by atoms with E-state index in [0.717, 1.165) is 116 Å². The first kappa shape index (κ1) is 49.9. The fourth-order valence-electron chi connectivity index (χ4n) is 10.3. The predicted octanol–water partition coefficient (Wildman–Crippen LogP) is 18.3. The number of fused-ring (bicyclic) bond motifs is 9. The largest absolute Gasteiger partial charge is 0.256 e. The van der Waals surface area contributed by atoms with Gasteiger partial charge in [0, 0.05) is 104 Å². The molecule has 0 aliphatic heterocycles. The van der Waals surface area contributed by atoms with Gasteiger partial charge in [-0.1, -0.05) is 200 Å². The summed E-state index contributed by atoms with van der Waals surface area (Å²) in [6, 6.07) is 93.9. The van der Waals surface area contributed by atoms with Gasteiger partial charge >= 0.3 is 0 Å². The zero-order valence-corrected chi connectivity index (χ0v) is 45.3. The van der Waals surface area contributed by atoms with E-state index in [9.17, 15) is 0 Å². The Balaban J connectivity index is 0.000000118. The zero-order chi connectivity index (χ0) is 52.0. The molecule has 0 saturated heterocycles. The van der Waals surface area contributed by atoms with Crippen molar-refractivity contribution in [2.75, 3.05) is 0 Å². The Morgan fingerprint density at radius 1 is 0.215 bits per heavy atom. The third kappa shape index (κ3) is 10.3. The summed E-state index contributed by atoms with van der Waals surface area (Å²) >= 11 is 0. The Kier molecular flexibility index (Phi) is 14.4. The normalized spacial score (nSPS) is 10.9. The summed E-state index contributed by atoms with van der Waals surface area (Å²) < 4.78 is 0. The van der Waals surface area contributed by atoms with Gasteiger partial charge in [0.1, 0.15) is 0 Å². The molecule has 0 aliphatic rings. The molecule has 9 aromatic carbocycles. The molecule has 0 fully saturated rings. The zero-order valence-electron chi connectivity index (χ0n) is 42.7. The summed E-state index contributed by atoms with van der Waals surface area (Å²) in [5.41, 5.74) is 19.2. The molecule has 0 spiro atoms. The van der Waals surface area contributed by atoms with Crippen molar-refractivity contribution < 1.29 is 19.8 Å². The third-order valence-electron chi connectivity index (χ3n) is 14.1. The van der Waals surface area contributed by atoms with Crippen LogP contribution in [0.5, 0.6) is 0 Å². The number of hydrogen-bond acceptors (Lipinski definition) is 6. The van der Waals surface area contributed by atoms with Crippen molar-refractivity contribution in [2.45, 2.75) is 0 Å². The molecular formula is C72H48N6Os. The van der Waals surface area contributed by atoms with E-state index >= 15 is 0 Å². The molecule has 6 aromatic heterocycles. The van der Waals surface area contributed by atoms with Gasteiger partial charge in [-0.2, -0.15) is 0 Å². The quantitative estimate of drug-likeness (QED) is 0.154. The second-order valence-electron chi connectivity index (χ2n) is 19.0. The van der Waals surface area contributed by atoms with E-state index in [1.807, 2.05) is 73.2 Å². The van der Waals surface area contributed by atoms with Crippen molar-refractivity contribution in [1.29, 1.82) is 0 Å². The second kappa shape index (κ2) is 22.7. The van der Waals surface area contributed by atoms with E-state index in [-0.39, 0.29) is 19.8 Å². The number of benzene rings is 9. The third-order valence-corrected chi connectivity index (χ3v) is 14.1. The van der Waals surface area contributed by atoms with E-state index in [2.05, 4.69) is 233 Å². The fraction of sp³-hybridized carbons (Fsp3) is 0. The van der Waals surface area contributed by atoms with Gasteiger partial charge in [-0.25, -0.2) is 15.0 Å². The molecule has 0 amide bonds. The smallest absolute Gasteiger partial charge is 0.0804 e. The van der Waals surface area contributed by atoms with Crippen LogP contribution in [0.3, 0.4) is 0 Å². The van der Waals surface area contributed by atoms with Crippen LogP contribution >= 0.6 is 0 Å². The van der Waals surface area contributed by atoms with Crippen molar-refractivity contribution in [1.82, 2.24) is 29.9 Å². The Morgan fingerprint density at radius 2 is 0.456 bits per heavy atom. The van der Waals surface area contributed by atoms with Crippen molar-refractivity contribution in [3.05, 3.63) is 292 Å². The summed E-state index contributed by atoms with van der Waals surface area (Å²) in [4.78, 5) is 28.8. The van der Waals surface area contributed by atoms with Crippen LogP contribution in [0, 0.1) is 0 Å². The minimum absolute atomic E-state index is 0. The average molecular weight is 1190 g/mol. The first-order valence-electron chi connectivity index (χ1n) is 26.1. The summed E-state index contributed by atoms with van der Waals surface area (Å²) in [6.45, 7) is 0. The van der Waals surface area contributed by atoms with Crippen molar-refractivity contribution in [3.63, 3.8) is 0 Å². The van der Waals surface area contributed by atoms with Crippen LogP contribution in [0.15, 0.2) is 292 Å². The molecule has 6 heterocycles. The summed E-state index contributed by atoms with van der Waals surface area (Å²) in [5, 5.41) is 6.64. The number of aromatic nitrogens is 6. The second-order valence-corrected chi connectivity index (χ2v) is 19.0. The summed E-state index contributed by atoms with van der Waals surface area (Å²) in [7, 11) is 0. The summed E-state index contributed by atoms with van der Waals surface area (Å²) in [5.74, 6) is 0. The molecule has 15 aromatic rings. The van der Waals surface area contributed by atoms with Gasteiger partial charge in [-0.15, -0.1) is 0 Å². The molecule has 79 heavy (non-hydrogen) atoms. The Labute approximate surface area is 470 Å². The Morgan fingerprint density at radius 3 is 0.709 bits per heavy atom. The van der Waals surface area contributed by atoms with Gasteiger partial charge < -0.3 is 0 Å². The van der Waals surface area contributed by atoms with Gasteiger partial charge in [-0.3, -0.25) is 15.0 Å². The molecule has 0 saturated carbocycles. The summed E-state index contributed by atoms with van der Waals surface area (Å²) in [6.07, 6.45) is 5.47. The van der Waals surface area contributed by atoms with Gasteiger partial charge in [0.15, 0.2) is 0 Å². The Bertz CT molecular complexity index is 4120. The Hall–Kier alpha value is -9.92. The molecule has 0 aliphatic carbocycles. The first-order valence-corrected chi connectivity index (χ1v) is 26.1. The van der Waals surface area contributed by atoms with Gasteiger partial charge in [0.25, 0.3) is 0 Å². The maximum absolute atomic E-state index is 5.11. The topological polar surface area (TPSA) is 77.3 Å². The molecule has 0 unspecified atom stereocenters. The number of nitrogens with zero attached hydrogens (tertiary/aromatic N) is 6. The van der Waals surface area contributed by atoms with E-state index < -0.39 is 0 Å². The minimum Gasteiger partial charge on any atom is -0.256 e. The van der Waals surface area contributed by atoms with Crippen LogP contribution in [0.1, 0.15) is 0 Å². The van der Waals surface area contributed by atoms with Crippen LogP contribution in [-0.2, 0) is 19.8 Å². The van der Waals surface area contributed by atoms with Gasteiger partial charge in [0.2, 0.25) is 0 Å². The van der Waals surface area contributed by atoms with Crippen LogP contribution in [-0.4, -0.2) is 29.9 Å².